The Morgan fingerprint density at radius 3 is 2.65 bits per heavy atom. The first kappa shape index (κ1) is 15.2. The number of amides is 1. The van der Waals surface area contributed by atoms with Gasteiger partial charge in [-0.2, -0.15) is 0 Å². The van der Waals surface area contributed by atoms with Crippen LogP contribution in [-0.2, 0) is 0 Å². The summed E-state index contributed by atoms with van der Waals surface area (Å²) < 4.78 is 5.48. The third kappa shape index (κ3) is 2.93. The van der Waals surface area contributed by atoms with E-state index in [9.17, 15) is 4.79 Å². The first-order valence-electron chi connectivity index (χ1n) is 7.74. The van der Waals surface area contributed by atoms with Crippen LogP contribution in [0.4, 0.5) is 5.69 Å². The van der Waals surface area contributed by atoms with Gasteiger partial charge >= 0.3 is 0 Å². The van der Waals surface area contributed by atoms with Crippen LogP contribution in [0.2, 0.25) is 0 Å². The second-order valence-electron chi connectivity index (χ2n) is 5.34. The van der Waals surface area contributed by atoms with Crippen LogP contribution in [0.3, 0.4) is 0 Å². The summed E-state index contributed by atoms with van der Waals surface area (Å²) >= 11 is 0. The van der Waals surface area contributed by atoms with Gasteiger partial charge < -0.3 is 15.0 Å². The minimum absolute atomic E-state index is 0.0122. The lowest BCUT2D eigenvalue weighted by molar-refractivity contribution is 0.0707. The standard InChI is InChI=1S/C19H20N2O2/c1-3-13-21-18(14-9-11-15(12-10-14)23-4-2)20-17-8-6-5-7-16(17)19(21)22/h3,5-12,18,20H,1,4,13H2,2H3. The lowest BCUT2D eigenvalue weighted by Crippen LogP contribution is -2.42. The van der Waals surface area contributed by atoms with Crippen LogP contribution in [-0.4, -0.2) is 24.0 Å². The molecule has 4 nitrogen and oxygen atoms in total. The Hall–Kier alpha value is -2.75. The summed E-state index contributed by atoms with van der Waals surface area (Å²) in [5, 5.41) is 3.45. The van der Waals surface area contributed by atoms with Crippen LogP contribution in [0.25, 0.3) is 0 Å². The second-order valence-corrected chi connectivity index (χ2v) is 5.34. The van der Waals surface area contributed by atoms with Gasteiger partial charge in [0.05, 0.1) is 12.2 Å². The zero-order valence-corrected chi connectivity index (χ0v) is 13.2. The van der Waals surface area contributed by atoms with Crippen molar-refractivity contribution >= 4 is 11.6 Å². The summed E-state index contributed by atoms with van der Waals surface area (Å²) in [5.41, 5.74) is 2.56. The average Bonchev–Trinajstić information content (AvgIpc) is 2.58. The number of hydrogen-bond acceptors (Lipinski definition) is 3. The Morgan fingerprint density at radius 1 is 1.22 bits per heavy atom. The van der Waals surface area contributed by atoms with Gasteiger partial charge in [0.25, 0.3) is 5.91 Å². The number of para-hydroxylation sites is 1. The quantitative estimate of drug-likeness (QED) is 0.853. The van der Waals surface area contributed by atoms with E-state index in [4.69, 9.17) is 4.74 Å². The monoisotopic (exact) mass is 308 g/mol. The van der Waals surface area contributed by atoms with Gasteiger partial charge in [-0.25, -0.2) is 0 Å². The predicted molar refractivity (Wildman–Crippen MR) is 91.7 cm³/mol. The fourth-order valence-corrected chi connectivity index (χ4v) is 2.80. The van der Waals surface area contributed by atoms with Gasteiger partial charge in [-0.05, 0) is 36.8 Å². The fraction of sp³-hybridized carbons (Fsp3) is 0.211. The van der Waals surface area contributed by atoms with Crippen molar-refractivity contribution in [2.75, 3.05) is 18.5 Å². The molecule has 3 rings (SSSR count). The van der Waals surface area contributed by atoms with Crippen molar-refractivity contribution in [3.05, 3.63) is 72.3 Å². The van der Waals surface area contributed by atoms with E-state index < -0.39 is 0 Å². The summed E-state index contributed by atoms with van der Waals surface area (Å²) in [6.45, 7) is 6.85. The molecule has 118 valence electrons. The molecule has 1 aliphatic heterocycles. The Bertz CT molecular complexity index is 710. The molecule has 0 spiro atoms. The molecule has 0 saturated heterocycles. The van der Waals surface area contributed by atoms with Gasteiger partial charge in [0.2, 0.25) is 0 Å². The smallest absolute Gasteiger partial charge is 0.258 e. The first-order valence-corrected chi connectivity index (χ1v) is 7.74. The Kier molecular flexibility index (Phi) is 4.33. The normalized spacial score (nSPS) is 16.5. The van der Waals surface area contributed by atoms with E-state index in [0.717, 1.165) is 17.0 Å². The van der Waals surface area contributed by atoms with Gasteiger partial charge in [-0.1, -0.05) is 30.3 Å². The third-order valence-electron chi connectivity index (χ3n) is 3.85. The van der Waals surface area contributed by atoms with Crippen LogP contribution < -0.4 is 10.1 Å². The maximum atomic E-state index is 12.8. The molecule has 4 heteroatoms. The van der Waals surface area contributed by atoms with Crippen LogP contribution >= 0.6 is 0 Å². The highest BCUT2D eigenvalue weighted by molar-refractivity contribution is 6.01. The van der Waals surface area contributed by atoms with Crippen molar-refractivity contribution < 1.29 is 9.53 Å². The molecule has 2 aromatic carbocycles. The van der Waals surface area contributed by atoms with E-state index >= 15 is 0 Å². The van der Waals surface area contributed by atoms with Crippen molar-refractivity contribution in [2.45, 2.75) is 13.1 Å². The Balaban J connectivity index is 1.96. The summed E-state index contributed by atoms with van der Waals surface area (Å²) in [4.78, 5) is 14.6. The number of carbonyl (C=O) groups is 1. The highest BCUT2D eigenvalue weighted by atomic mass is 16.5. The van der Waals surface area contributed by atoms with E-state index in [-0.39, 0.29) is 12.1 Å². The molecule has 1 N–H and O–H groups in total. The molecule has 1 atom stereocenters. The van der Waals surface area contributed by atoms with Gasteiger partial charge in [-0.3, -0.25) is 4.79 Å². The molecule has 0 fully saturated rings. The number of nitrogens with one attached hydrogen (secondary N) is 1. The van der Waals surface area contributed by atoms with E-state index in [1.807, 2.05) is 55.5 Å². The molecule has 1 heterocycles. The van der Waals surface area contributed by atoms with Crippen molar-refractivity contribution in [1.29, 1.82) is 0 Å². The third-order valence-corrected chi connectivity index (χ3v) is 3.85. The highest BCUT2D eigenvalue weighted by Crippen LogP contribution is 2.33. The van der Waals surface area contributed by atoms with Crippen LogP contribution in [0.15, 0.2) is 61.2 Å². The summed E-state index contributed by atoms with van der Waals surface area (Å²) in [6.07, 6.45) is 1.53. The topological polar surface area (TPSA) is 41.6 Å². The number of nitrogens with zero attached hydrogens (tertiary/aromatic N) is 1. The number of hydrogen-bond donors (Lipinski definition) is 1. The first-order chi connectivity index (χ1) is 11.2. The largest absolute Gasteiger partial charge is 0.494 e. The molecule has 1 aliphatic rings. The maximum absolute atomic E-state index is 12.8. The number of fused-ring (bicyclic) bond motifs is 1. The minimum atomic E-state index is -0.217. The molecule has 2 aromatic rings. The van der Waals surface area contributed by atoms with Gasteiger partial charge in [0.15, 0.2) is 0 Å². The fourth-order valence-electron chi connectivity index (χ4n) is 2.80. The van der Waals surface area contributed by atoms with Crippen molar-refractivity contribution in [3.63, 3.8) is 0 Å². The van der Waals surface area contributed by atoms with E-state index in [1.54, 1.807) is 11.0 Å². The number of anilines is 1. The molecule has 23 heavy (non-hydrogen) atoms. The van der Waals surface area contributed by atoms with Crippen molar-refractivity contribution in [2.24, 2.45) is 0 Å². The maximum Gasteiger partial charge on any atom is 0.258 e. The number of rotatable bonds is 5. The number of carbonyl (C=O) groups excluding carboxylic acids is 1. The second kappa shape index (κ2) is 6.57. The van der Waals surface area contributed by atoms with Crippen LogP contribution in [0.5, 0.6) is 5.75 Å². The van der Waals surface area contributed by atoms with Crippen molar-refractivity contribution in [1.82, 2.24) is 4.90 Å². The Labute approximate surface area is 136 Å². The van der Waals surface area contributed by atoms with Crippen molar-refractivity contribution in [3.8, 4) is 5.75 Å². The minimum Gasteiger partial charge on any atom is -0.494 e. The molecule has 0 aliphatic carbocycles. The highest BCUT2D eigenvalue weighted by Gasteiger charge is 2.31. The summed E-state index contributed by atoms with van der Waals surface area (Å²) in [6, 6.07) is 15.4. The lowest BCUT2D eigenvalue weighted by Gasteiger charge is -2.37. The molecular weight excluding hydrogens is 288 g/mol. The number of benzene rings is 2. The van der Waals surface area contributed by atoms with Gasteiger partial charge in [0.1, 0.15) is 11.9 Å². The zero-order valence-electron chi connectivity index (χ0n) is 13.2. The van der Waals surface area contributed by atoms with Crippen LogP contribution in [0, 0.1) is 0 Å². The number of ether oxygens (including phenoxy) is 1. The van der Waals surface area contributed by atoms with Gasteiger partial charge in [-0.15, -0.1) is 6.58 Å². The average molecular weight is 308 g/mol. The SMILES string of the molecule is C=CCN1C(=O)c2ccccc2NC1c1ccc(OCC)cc1. The zero-order chi connectivity index (χ0) is 16.2. The van der Waals surface area contributed by atoms with E-state index in [0.29, 0.717) is 18.7 Å². The predicted octanol–water partition coefficient (Wildman–Crippen LogP) is 3.84. The Morgan fingerprint density at radius 2 is 1.96 bits per heavy atom. The molecule has 0 bridgehead atoms. The van der Waals surface area contributed by atoms with E-state index in [2.05, 4.69) is 11.9 Å². The van der Waals surface area contributed by atoms with Crippen LogP contribution in [0.1, 0.15) is 29.0 Å². The van der Waals surface area contributed by atoms with E-state index in [1.165, 1.54) is 0 Å². The molecule has 0 radical (unpaired) electrons. The molecule has 0 saturated carbocycles. The summed E-state index contributed by atoms with van der Waals surface area (Å²) in [5.74, 6) is 0.840. The summed E-state index contributed by atoms with van der Waals surface area (Å²) in [7, 11) is 0. The molecule has 1 amide bonds. The van der Waals surface area contributed by atoms with Gasteiger partial charge in [0, 0.05) is 12.2 Å². The molecule has 0 aromatic heterocycles. The lowest BCUT2D eigenvalue weighted by atomic mass is 10.0. The molecular formula is C19H20N2O2. The molecule has 1 unspecified atom stereocenters.